The van der Waals surface area contributed by atoms with Gasteiger partial charge in [0.25, 0.3) is 0 Å². The molecule has 1 aromatic heterocycles. The van der Waals surface area contributed by atoms with Crippen LogP contribution in [0.15, 0.2) is 23.6 Å². The van der Waals surface area contributed by atoms with Crippen molar-refractivity contribution in [3.63, 3.8) is 0 Å². The first-order chi connectivity index (χ1) is 9.36. The zero-order chi connectivity index (χ0) is 13.3. The van der Waals surface area contributed by atoms with E-state index in [-0.39, 0.29) is 0 Å². The molecule has 104 valence electrons. The van der Waals surface area contributed by atoms with Crippen molar-refractivity contribution in [2.75, 3.05) is 31.5 Å². The number of rotatable bonds is 4. The number of nitrogens with zero attached hydrogens (tertiary/aromatic N) is 4. The number of guanidine groups is 1. The van der Waals surface area contributed by atoms with Crippen molar-refractivity contribution in [3.8, 4) is 0 Å². The Bertz CT molecular complexity index is 383. The summed E-state index contributed by atoms with van der Waals surface area (Å²) in [5.41, 5.74) is 6.02. The van der Waals surface area contributed by atoms with Crippen molar-refractivity contribution < 1.29 is 0 Å². The number of nitrogens with two attached hydrogens (primary N) is 1. The lowest BCUT2D eigenvalue weighted by atomic mass is 10.2. The maximum absolute atomic E-state index is 6.02. The molecule has 0 atom stereocenters. The number of likely N-dealkylation sites (tertiary alicyclic amines) is 1. The van der Waals surface area contributed by atoms with Crippen molar-refractivity contribution in [2.24, 2.45) is 10.7 Å². The molecule has 6 heteroatoms. The van der Waals surface area contributed by atoms with Crippen molar-refractivity contribution in [3.05, 3.63) is 18.6 Å². The highest BCUT2D eigenvalue weighted by Gasteiger charge is 2.10. The maximum Gasteiger partial charge on any atom is 0.191 e. The lowest BCUT2D eigenvalue weighted by Crippen LogP contribution is -2.38. The van der Waals surface area contributed by atoms with E-state index in [1.165, 1.54) is 25.7 Å². The minimum Gasteiger partial charge on any atom is -0.370 e. The van der Waals surface area contributed by atoms with Crippen molar-refractivity contribution in [2.45, 2.75) is 25.7 Å². The Morgan fingerprint density at radius 1 is 1.26 bits per heavy atom. The Morgan fingerprint density at radius 3 is 2.74 bits per heavy atom. The second-order valence-electron chi connectivity index (χ2n) is 4.66. The zero-order valence-electron chi connectivity index (χ0n) is 11.3. The minimum absolute atomic E-state index is 0.652. The molecule has 1 aliphatic rings. The molecule has 0 saturated carbocycles. The normalized spacial score (nSPS) is 17.1. The highest BCUT2D eigenvalue weighted by atomic mass is 15.2. The van der Waals surface area contributed by atoms with E-state index in [9.17, 15) is 0 Å². The van der Waals surface area contributed by atoms with E-state index in [2.05, 4.69) is 25.2 Å². The molecule has 1 saturated heterocycles. The Labute approximate surface area is 114 Å². The predicted octanol–water partition coefficient (Wildman–Crippen LogP) is 1.08. The fourth-order valence-electron chi connectivity index (χ4n) is 2.14. The molecule has 1 aromatic rings. The smallest absolute Gasteiger partial charge is 0.191 e. The van der Waals surface area contributed by atoms with E-state index in [0.29, 0.717) is 19.0 Å². The van der Waals surface area contributed by atoms with E-state index < -0.39 is 0 Å². The second kappa shape index (κ2) is 7.56. The Morgan fingerprint density at radius 2 is 2.05 bits per heavy atom. The van der Waals surface area contributed by atoms with E-state index in [1.807, 2.05) is 0 Å². The SMILES string of the molecule is NC(=NCCNc1cnccn1)N1CCCCCC1. The standard InChI is InChI=1S/C13H22N6/c14-13(19-9-3-1-2-4-10-19)18-8-7-17-12-11-15-5-6-16-12/h5-6,11H,1-4,7-10H2,(H2,14,18)(H,16,17). The van der Waals surface area contributed by atoms with E-state index in [1.54, 1.807) is 18.6 Å². The lowest BCUT2D eigenvalue weighted by Gasteiger charge is -2.21. The summed E-state index contributed by atoms with van der Waals surface area (Å²) in [6, 6.07) is 0. The Hall–Kier alpha value is -1.85. The highest BCUT2D eigenvalue weighted by Crippen LogP contribution is 2.08. The third-order valence-electron chi connectivity index (χ3n) is 3.18. The summed E-state index contributed by atoms with van der Waals surface area (Å²) < 4.78 is 0. The van der Waals surface area contributed by atoms with Crippen LogP contribution in [0.4, 0.5) is 5.82 Å². The van der Waals surface area contributed by atoms with Gasteiger partial charge in [-0.1, -0.05) is 12.8 Å². The average Bonchev–Trinajstić information content (AvgIpc) is 2.73. The molecule has 2 heterocycles. The van der Waals surface area contributed by atoms with Crippen LogP contribution in [0.2, 0.25) is 0 Å². The summed E-state index contributed by atoms with van der Waals surface area (Å²) in [7, 11) is 0. The maximum atomic E-state index is 6.02. The molecule has 2 rings (SSSR count). The molecule has 0 spiro atoms. The molecule has 0 aromatic carbocycles. The molecular weight excluding hydrogens is 240 g/mol. The largest absolute Gasteiger partial charge is 0.370 e. The quantitative estimate of drug-likeness (QED) is 0.482. The van der Waals surface area contributed by atoms with Crippen molar-refractivity contribution in [1.29, 1.82) is 0 Å². The minimum atomic E-state index is 0.652. The third kappa shape index (κ3) is 4.73. The number of anilines is 1. The van der Waals surface area contributed by atoms with Gasteiger partial charge in [-0.15, -0.1) is 0 Å². The van der Waals surface area contributed by atoms with Crippen molar-refractivity contribution in [1.82, 2.24) is 14.9 Å². The van der Waals surface area contributed by atoms with Crippen LogP contribution >= 0.6 is 0 Å². The molecule has 0 radical (unpaired) electrons. The van der Waals surface area contributed by atoms with Gasteiger partial charge in [0, 0.05) is 32.0 Å². The summed E-state index contributed by atoms with van der Waals surface area (Å²) in [4.78, 5) is 14.7. The predicted molar refractivity (Wildman–Crippen MR) is 77.1 cm³/mol. The number of nitrogens with one attached hydrogen (secondary N) is 1. The van der Waals surface area contributed by atoms with E-state index >= 15 is 0 Å². The topological polar surface area (TPSA) is 79.4 Å². The molecule has 0 aliphatic carbocycles. The molecule has 1 fully saturated rings. The summed E-state index contributed by atoms with van der Waals surface area (Å²) in [6.07, 6.45) is 10.1. The van der Waals surface area contributed by atoms with Crippen LogP contribution in [0.5, 0.6) is 0 Å². The zero-order valence-corrected chi connectivity index (χ0v) is 11.3. The fourth-order valence-corrected chi connectivity index (χ4v) is 2.14. The van der Waals surface area contributed by atoms with Crippen LogP contribution in [-0.4, -0.2) is 47.0 Å². The van der Waals surface area contributed by atoms with Gasteiger partial charge in [0.15, 0.2) is 5.96 Å². The molecular formula is C13H22N6. The first-order valence-corrected chi connectivity index (χ1v) is 6.91. The summed E-state index contributed by atoms with van der Waals surface area (Å²) in [5.74, 6) is 1.44. The van der Waals surface area contributed by atoms with Gasteiger partial charge in [0.1, 0.15) is 5.82 Å². The van der Waals surface area contributed by atoms with Crippen LogP contribution in [0.1, 0.15) is 25.7 Å². The number of hydrogen-bond acceptors (Lipinski definition) is 4. The van der Waals surface area contributed by atoms with Crippen LogP contribution < -0.4 is 11.1 Å². The molecule has 19 heavy (non-hydrogen) atoms. The van der Waals surface area contributed by atoms with Crippen LogP contribution in [-0.2, 0) is 0 Å². The highest BCUT2D eigenvalue weighted by molar-refractivity contribution is 5.78. The fraction of sp³-hybridized carbons (Fsp3) is 0.615. The van der Waals surface area contributed by atoms with Gasteiger partial charge >= 0.3 is 0 Å². The Balaban J connectivity index is 1.72. The van der Waals surface area contributed by atoms with Crippen molar-refractivity contribution >= 4 is 11.8 Å². The first-order valence-electron chi connectivity index (χ1n) is 6.91. The van der Waals surface area contributed by atoms with Gasteiger partial charge < -0.3 is 16.0 Å². The lowest BCUT2D eigenvalue weighted by molar-refractivity contribution is 0.429. The second-order valence-corrected chi connectivity index (χ2v) is 4.66. The number of aliphatic imine (C=N–C) groups is 1. The monoisotopic (exact) mass is 262 g/mol. The number of aromatic nitrogens is 2. The molecule has 0 amide bonds. The van der Waals surface area contributed by atoms with Gasteiger partial charge in [-0.25, -0.2) is 4.98 Å². The number of hydrogen-bond donors (Lipinski definition) is 2. The molecule has 1 aliphatic heterocycles. The van der Waals surface area contributed by atoms with Gasteiger partial charge in [0.2, 0.25) is 0 Å². The Kier molecular flexibility index (Phi) is 5.40. The van der Waals surface area contributed by atoms with Crippen LogP contribution in [0.25, 0.3) is 0 Å². The first kappa shape index (κ1) is 13.6. The van der Waals surface area contributed by atoms with Gasteiger partial charge in [0.05, 0.1) is 12.7 Å². The average molecular weight is 262 g/mol. The van der Waals surface area contributed by atoms with Gasteiger partial charge in [-0.2, -0.15) is 0 Å². The third-order valence-corrected chi connectivity index (χ3v) is 3.18. The summed E-state index contributed by atoms with van der Waals surface area (Å²) in [5, 5.41) is 3.16. The van der Waals surface area contributed by atoms with Crippen LogP contribution in [0, 0.1) is 0 Å². The molecule has 0 unspecified atom stereocenters. The van der Waals surface area contributed by atoms with E-state index in [0.717, 1.165) is 18.9 Å². The van der Waals surface area contributed by atoms with Gasteiger partial charge in [-0.3, -0.25) is 9.98 Å². The van der Waals surface area contributed by atoms with Gasteiger partial charge in [-0.05, 0) is 12.8 Å². The summed E-state index contributed by atoms with van der Waals surface area (Å²) >= 11 is 0. The van der Waals surface area contributed by atoms with E-state index in [4.69, 9.17) is 5.73 Å². The molecule has 0 bridgehead atoms. The summed E-state index contributed by atoms with van der Waals surface area (Å²) in [6.45, 7) is 3.44. The van der Waals surface area contributed by atoms with Crippen LogP contribution in [0.3, 0.4) is 0 Å². The molecule has 3 N–H and O–H groups in total. The molecule has 6 nitrogen and oxygen atoms in total.